The van der Waals surface area contributed by atoms with E-state index < -0.39 is 5.97 Å². The van der Waals surface area contributed by atoms with Gasteiger partial charge >= 0.3 is 5.97 Å². The molecule has 0 bridgehead atoms. The van der Waals surface area contributed by atoms with Gasteiger partial charge in [0.1, 0.15) is 5.71 Å². The number of thioether (sulfide) groups is 1. The lowest BCUT2D eigenvalue weighted by atomic mass is 10.0. The average Bonchev–Trinajstić information content (AvgIpc) is 2.79. The van der Waals surface area contributed by atoms with E-state index in [1.165, 1.54) is 11.8 Å². The third-order valence-corrected chi connectivity index (χ3v) is 5.11. The summed E-state index contributed by atoms with van der Waals surface area (Å²) in [5.74, 6) is -0.882. The van der Waals surface area contributed by atoms with Crippen molar-refractivity contribution in [3.8, 4) is 0 Å². The van der Waals surface area contributed by atoms with Gasteiger partial charge in [-0.15, -0.1) is 0 Å². The van der Waals surface area contributed by atoms with Crippen LogP contribution in [-0.4, -0.2) is 17.5 Å². The largest absolute Gasteiger partial charge is 0.365 e. The first-order valence-electron chi connectivity index (χ1n) is 10.0. The van der Waals surface area contributed by atoms with E-state index >= 15 is 0 Å². The molecule has 0 aliphatic rings. The molecule has 0 aliphatic carbocycles. The summed E-state index contributed by atoms with van der Waals surface area (Å²) in [6, 6.07) is 7.21. The van der Waals surface area contributed by atoms with Crippen molar-refractivity contribution < 1.29 is 14.4 Å². The molecule has 0 radical (unpaired) electrons. The predicted molar refractivity (Wildman–Crippen MR) is 131 cm³/mol. The second-order valence-corrected chi connectivity index (χ2v) is 7.47. The topological polar surface area (TPSA) is 55.7 Å². The van der Waals surface area contributed by atoms with Gasteiger partial charge in [0.2, 0.25) is 5.78 Å². The Balaban J connectivity index is 3.02. The zero-order chi connectivity index (χ0) is 23.1. The number of ketones is 1. The zero-order valence-electron chi connectivity index (χ0n) is 18.2. The molecule has 31 heavy (non-hydrogen) atoms. The van der Waals surface area contributed by atoms with Crippen LogP contribution in [0.1, 0.15) is 43.5 Å². The van der Waals surface area contributed by atoms with Crippen molar-refractivity contribution in [3.05, 3.63) is 103 Å². The number of carbonyl (C=O) groups excluding carboxylic acids is 2. The first-order valence-corrected chi connectivity index (χ1v) is 10.8. The highest BCUT2D eigenvalue weighted by Crippen LogP contribution is 2.27. The first kappa shape index (κ1) is 25.9. The fourth-order valence-electron chi connectivity index (χ4n) is 2.38. The molecule has 4 nitrogen and oxygen atoms in total. The smallest absolute Gasteiger partial charge is 0.312 e. The van der Waals surface area contributed by atoms with Crippen LogP contribution in [0.15, 0.2) is 107 Å². The quantitative estimate of drug-likeness (QED) is 0.0637. The van der Waals surface area contributed by atoms with Gasteiger partial charge in [-0.2, -0.15) is 0 Å². The Labute approximate surface area is 189 Å². The summed E-state index contributed by atoms with van der Waals surface area (Å²) < 4.78 is 0. The minimum Gasteiger partial charge on any atom is -0.312 e. The molecule has 1 aromatic carbocycles. The van der Waals surface area contributed by atoms with Crippen LogP contribution in [0.3, 0.4) is 0 Å². The second-order valence-electron chi connectivity index (χ2n) is 6.32. The van der Waals surface area contributed by atoms with Crippen molar-refractivity contribution in [1.82, 2.24) is 0 Å². The molecule has 1 aromatic rings. The Morgan fingerprint density at radius 3 is 2.39 bits per heavy atom. The third kappa shape index (κ3) is 9.01. The minimum atomic E-state index is -0.625. The number of oxime groups is 1. The van der Waals surface area contributed by atoms with E-state index in [1.54, 1.807) is 55.5 Å². The minimum absolute atomic E-state index is 0.220. The molecule has 162 valence electrons. The molecule has 0 saturated carbocycles. The zero-order valence-corrected chi connectivity index (χ0v) is 19.0. The number of hydrogen-bond donors (Lipinski definition) is 0. The Kier molecular flexibility index (Phi) is 12.3. The molecule has 0 heterocycles. The fourth-order valence-corrected chi connectivity index (χ4v) is 3.18. The maximum atomic E-state index is 13.0. The van der Waals surface area contributed by atoms with Crippen LogP contribution in [0.4, 0.5) is 0 Å². The Hall–Kier alpha value is -3.18. The van der Waals surface area contributed by atoms with Crippen LogP contribution < -0.4 is 0 Å². The second kappa shape index (κ2) is 14.7. The van der Waals surface area contributed by atoms with Crippen molar-refractivity contribution >= 4 is 29.2 Å². The van der Waals surface area contributed by atoms with Gasteiger partial charge in [0, 0.05) is 15.4 Å². The molecule has 0 amide bonds. The molecule has 0 aliphatic heterocycles. The third-order valence-electron chi connectivity index (χ3n) is 4.06. The fraction of sp³-hybridized carbons (Fsp3) is 0.192. The van der Waals surface area contributed by atoms with E-state index in [9.17, 15) is 9.59 Å². The SMILES string of the molecule is C=C/C=C\C(=C/C)C(=O)O/N=C(/CCCC)C(=O)c1ccc(S/C(C=C)=C/C=C)cc1. The van der Waals surface area contributed by atoms with Gasteiger partial charge in [-0.1, -0.05) is 80.4 Å². The Bertz CT molecular complexity index is 918. The highest BCUT2D eigenvalue weighted by Gasteiger charge is 2.16. The van der Waals surface area contributed by atoms with Gasteiger partial charge < -0.3 is 4.84 Å². The number of nitrogens with zero attached hydrogens (tertiary/aromatic N) is 1. The van der Waals surface area contributed by atoms with Crippen LogP contribution in [0.25, 0.3) is 0 Å². The Morgan fingerprint density at radius 1 is 1.13 bits per heavy atom. The van der Waals surface area contributed by atoms with Crippen molar-refractivity contribution in [2.24, 2.45) is 5.16 Å². The van der Waals surface area contributed by atoms with Gasteiger partial charge in [0.25, 0.3) is 0 Å². The van der Waals surface area contributed by atoms with Crippen LogP contribution in [0.2, 0.25) is 0 Å². The van der Waals surface area contributed by atoms with E-state index in [2.05, 4.69) is 24.9 Å². The number of hydrogen-bond acceptors (Lipinski definition) is 5. The lowest BCUT2D eigenvalue weighted by Crippen LogP contribution is -2.16. The van der Waals surface area contributed by atoms with Crippen LogP contribution in [-0.2, 0) is 9.63 Å². The highest BCUT2D eigenvalue weighted by molar-refractivity contribution is 8.03. The summed E-state index contributed by atoms with van der Waals surface area (Å²) in [6.45, 7) is 14.8. The van der Waals surface area contributed by atoms with Crippen LogP contribution >= 0.6 is 11.8 Å². The molecule has 0 aromatic heterocycles. The number of rotatable bonds is 13. The number of Topliss-reactive ketones (excluding diaryl/α,β-unsaturated/α-hetero) is 1. The van der Waals surface area contributed by atoms with Crippen molar-refractivity contribution in [3.63, 3.8) is 0 Å². The highest BCUT2D eigenvalue weighted by atomic mass is 32.2. The van der Waals surface area contributed by atoms with E-state index in [0.29, 0.717) is 17.6 Å². The lowest BCUT2D eigenvalue weighted by Gasteiger charge is -2.07. The van der Waals surface area contributed by atoms with Gasteiger partial charge in [-0.25, -0.2) is 4.79 Å². The average molecular weight is 436 g/mol. The summed E-state index contributed by atoms with van der Waals surface area (Å²) in [5.41, 5.74) is 1.04. The van der Waals surface area contributed by atoms with Gasteiger partial charge in [0.15, 0.2) is 0 Å². The van der Waals surface area contributed by atoms with Gasteiger partial charge in [-0.05, 0) is 56.2 Å². The van der Waals surface area contributed by atoms with E-state index in [1.807, 2.05) is 25.1 Å². The standard InChI is InChI=1S/C26H29NO3S/c1-6-11-14-20(9-4)26(29)30-27-24(15-12-7-2)25(28)21-16-18-23(19-17-21)31-22(10-5)13-8-3/h6,8-11,13-14,16-19H,1,3,5,7,12,15H2,2,4H3/b14-11-,20-9+,22-13+,27-24-. The summed E-state index contributed by atoms with van der Waals surface area (Å²) in [5, 5.41) is 3.90. The van der Waals surface area contributed by atoms with Crippen molar-refractivity contribution in [1.29, 1.82) is 0 Å². The lowest BCUT2D eigenvalue weighted by molar-refractivity contribution is -0.138. The molecule has 0 unspecified atom stereocenters. The summed E-state index contributed by atoms with van der Waals surface area (Å²) in [7, 11) is 0. The molecule has 0 fully saturated rings. The van der Waals surface area contributed by atoms with E-state index in [4.69, 9.17) is 4.84 Å². The number of carbonyl (C=O) groups is 2. The van der Waals surface area contributed by atoms with E-state index in [-0.39, 0.29) is 11.5 Å². The Morgan fingerprint density at radius 2 is 1.84 bits per heavy atom. The molecule has 0 atom stereocenters. The van der Waals surface area contributed by atoms with Crippen molar-refractivity contribution in [2.75, 3.05) is 0 Å². The summed E-state index contributed by atoms with van der Waals surface area (Å²) >= 11 is 1.52. The maximum Gasteiger partial charge on any atom is 0.365 e. The van der Waals surface area contributed by atoms with E-state index in [0.717, 1.165) is 22.6 Å². The number of unbranched alkanes of at least 4 members (excludes halogenated alkanes) is 1. The maximum absolute atomic E-state index is 13.0. The molecule has 0 saturated heterocycles. The molecule has 0 N–H and O–H groups in total. The summed E-state index contributed by atoms with van der Waals surface area (Å²) in [6.07, 6.45) is 13.8. The van der Waals surface area contributed by atoms with Crippen molar-refractivity contribution in [2.45, 2.75) is 38.0 Å². The molecular weight excluding hydrogens is 406 g/mol. The van der Waals surface area contributed by atoms with Crippen LogP contribution in [0, 0.1) is 0 Å². The molecular formula is C26H29NO3S. The summed E-state index contributed by atoms with van der Waals surface area (Å²) in [4.78, 5) is 32.2. The van der Waals surface area contributed by atoms with Gasteiger partial charge in [0.05, 0.1) is 5.57 Å². The number of allylic oxidation sites excluding steroid dienone is 6. The molecule has 1 rings (SSSR count). The number of benzene rings is 1. The van der Waals surface area contributed by atoms with Crippen LogP contribution in [0.5, 0.6) is 0 Å². The molecule has 5 heteroatoms. The predicted octanol–water partition coefficient (Wildman–Crippen LogP) is 7.00. The van der Waals surface area contributed by atoms with Gasteiger partial charge in [-0.3, -0.25) is 4.79 Å². The first-order chi connectivity index (χ1) is 15.0. The molecule has 0 spiro atoms. The normalized spacial score (nSPS) is 12.5. The monoisotopic (exact) mass is 435 g/mol.